The summed E-state index contributed by atoms with van der Waals surface area (Å²) in [6.07, 6.45) is 3.27. The average molecular weight is 236 g/mol. The molecule has 94 valence electrons. The van der Waals surface area contributed by atoms with Crippen molar-refractivity contribution in [3.05, 3.63) is 35.1 Å². The van der Waals surface area contributed by atoms with Gasteiger partial charge in [0, 0.05) is 6.04 Å². The maximum atomic E-state index is 13.1. The summed E-state index contributed by atoms with van der Waals surface area (Å²) in [5.74, 6) is 0.644. The van der Waals surface area contributed by atoms with Gasteiger partial charge in [-0.05, 0) is 62.4 Å². The summed E-state index contributed by atoms with van der Waals surface area (Å²) in [7, 11) is 0. The Morgan fingerprint density at radius 3 is 2.82 bits per heavy atom. The van der Waals surface area contributed by atoms with Crippen molar-refractivity contribution in [1.82, 2.24) is 5.32 Å². The van der Waals surface area contributed by atoms with Crippen LogP contribution in [0.4, 0.5) is 4.39 Å². The third-order valence-corrected chi connectivity index (χ3v) is 3.52. The SMILES string of the molecule is Cc1cc(CCNCC2CC(N)C2)ccc1F. The number of benzene rings is 1. The molecule has 1 aliphatic rings. The van der Waals surface area contributed by atoms with Gasteiger partial charge >= 0.3 is 0 Å². The van der Waals surface area contributed by atoms with Crippen LogP contribution < -0.4 is 11.1 Å². The molecule has 2 nitrogen and oxygen atoms in total. The number of nitrogens with one attached hydrogen (secondary N) is 1. The van der Waals surface area contributed by atoms with E-state index in [1.807, 2.05) is 19.1 Å². The van der Waals surface area contributed by atoms with E-state index in [0.717, 1.165) is 43.8 Å². The summed E-state index contributed by atoms with van der Waals surface area (Å²) >= 11 is 0. The standard InChI is InChI=1S/C14H21FN2/c1-10-6-11(2-3-14(10)15)4-5-17-9-12-7-13(16)8-12/h2-3,6,12-13,17H,4-5,7-9,16H2,1H3. The topological polar surface area (TPSA) is 38.0 Å². The number of nitrogens with two attached hydrogens (primary N) is 1. The van der Waals surface area contributed by atoms with Crippen LogP contribution in [0.5, 0.6) is 0 Å². The maximum Gasteiger partial charge on any atom is 0.126 e. The Morgan fingerprint density at radius 2 is 2.18 bits per heavy atom. The molecular formula is C14H21FN2. The van der Waals surface area contributed by atoms with Crippen molar-refractivity contribution in [2.24, 2.45) is 11.7 Å². The van der Waals surface area contributed by atoms with Gasteiger partial charge in [0.25, 0.3) is 0 Å². The van der Waals surface area contributed by atoms with Crippen LogP contribution in [-0.2, 0) is 6.42 Å². The van der Waals surface area contributed by atoms with Gasteiger partial charge in [0.2, 0.25) is 0 Å². The molecule has 0 aliphatic heterocycles. The van der Waals surface area contributed by atoms with Crippen molar-refractivity contribution < 1.29 is 4.39 Å². The van der Waals surface area contributed by atoms with Crippen LogP contribution in [0, 0.1) is 18.7 Å². The molecule has 0 atom stereocenters. The predicted octanol–water partition coefficient (Wildman–Crippen LogP) is 2.00. The minimum absolute atomic E-state index is 0.120. The molecule has 0 unspecified atom stereocenters. The molecule has 0 heterocycles. The lowest BCUT2D eigenvalue weighted by molar-refractivity contribution is 0.257. The van der Waals surface area contributed by atoms with Crippen molar-refractivity contribution in [1.29, 1.82) is 0 Å². The van der Waals surface area contributed by atoms with Gasteiger partial charge in [-0.25, -0.2) is 4.39 Å². The normalized spacial score (nSPS) is 23.5. The molecule has 1 aromatic carbocycles. The summed E-state index contributed by atoms with van der Waals surface area (Å²) in [6, 6.07) is 5.77. The molecule has 1 aromatic rings. The largest absolute Gasteiger partial charge is 0.328 e. The Labute approximate surface area is 102 Å². The van der Waals surface area contributed by atoms with Crippen LogP contribution in [0.2, 0.25) is 0 Å². The number of hydrogen-bond donors (Lipinski definition) is 2. The zero-order chi connectivity index (χ0) is 12.3. The van der Waals surface area contributed by atoms with Crippen molar-refractivity contribution >= 4 is 0 Å². The second-order valence-electron chi connectivity index (χ2n) is 5.14. The van der Waals surface area contributed by atoms with Crippen LogP contribution in [-0.4, -0.2) is 19.1 Å². The average Bonchev–Trinajstić information content (AvgIpc) is 2.26. The van der Waals surface area contributed by atoms with Crippen LogP contribution >= 0.6 is 0 Å². The molecular weight excluding hydrogens is 215 g/mol. The summed E-state index contributed by atoms with van der Waals surface area (Å²) in [6.45, 7) is 3.83. The Bertz CT molecular complexity index is 372. The van der Waals surface area contributed by atoms with Crippen molar-refractivity contribution in [3.63, 3.8) is 0 Å². The van der Waals surface area contributed by atoms with Gasteiger partial charge in [0.1, 0.15) is 5.82 Å². The van der Waals surface area contributed by atoms with Crippen LogP contribution in [0.3, 0.4) is 0 Å². The highest BCUT2D eigenvalue weighted by molar-refractivity contribution is 5.24. The van der Waals surface area contributed by atoms with E-state index in [1.54, 1.807) is 6.07 Å². The van der Waals surface area contributed by atoms with E-state index in [2.05, 4.69) is 5.32 Å². The van der Waals surface area contributed by atoms with Crippen LogP contribution in [0.15, 0.2) is 18.2 Å². The van der Waals surface area contributed by atoms with Gasteiger partial charge in [0.15, 0.2) is 0 Å². The van der Waals surface area contributed by atoms with Crippen LogP contribution in [0.25, 0.3) is 0 Å². The molecule has 1 fully saturated rings. The first kappa shape index (κ1) is 12.5. The van der Waals surface area contributed by atoms with Gasteiger partial charge in [-0.3, -0.25) is 0 Å². The first-order chi connectivity index (χ1) is 8.15. The second kappa shape index (κ2) is 5.61. The highest BCUT2D eigenvalue weighted by Crippen LogP contribution is 2.24. The summed E-state index contributed by atoms with van der Waals surface area (Å²) in [4.78, 5) is 0. The minimum Gasteiger partial charge on any atom is -0.328 e. The van der Waals surface area contributed by atoms with E-state index < -0.39 is 0 Å². The van der Waals surface area contributed by atoms with Crippen molar-refractivity contribution in [3.8, 4) is 0 Å². The molecule has 0 radical (unpaired) electrons. The van der Waals surface area contributed by atoms with E-state index in [9.17, 15) is 4.39 Å². The van der Waals surface area contributed by atoms with E-state index in [4.69, 9.17) is 5.73 Å². The Hall–Kier alpha value is -0.930. The van der Waals surface area contributed by atoms with E-state index >= 15 is 0 Å². The first-order valence-electron chi connectivity index (χ1n) is 6.36. The lowest BCUT2D eigenvalue weighted by Crippen LogP contribution is -2.41. The second-order valence-corrected chi connectivity index (χ2v) is 5.14. The maximum absolute atomic E-state index is 13.1. The molecule has 2 rings (SSSR count). The summed E-state index contributed by atoms with van der Waals surface area (Å²) in [5.41, 5.74) is 7.66. The molecule has 0 amide bonds. The Balaban J connectivity index is 1.66. The van der Waals surface area contributed by atoms with Gasteiger partial charge in [0.05, 0.1) is 0 Å². The van der Waals surface area contributed by atoms with Gasteiger partial charge in [-0.1, -0.05) is 12.1 Å². The molecule has 1 aliphatic carbocycles. The number of halogens is 1. The molecule has 17 heavy (non-hydrogen) atoms. The lowest BCUT2D eigenvalue weighted by atomic mass is 9.81. The minimum atomic E-state index is -0.120. The number of aryl methyl sites for hydroxylation is 1. The van der Waals surface area contributed by atoms with E-state index in [-0.39, 0.29) is 5.82 Å². The molecule has 0 aromatic heterocycles. The molecule has 0 saturated heterocycles. The molecule has 0 spiro atoms. The predicted molar refractivity (Wildman–Crippen MR) is 68.4 cm³/mol. The van der Waals surface area contributed by atoms with E-state index in [1.165, 1.54) is 5.56 Å². The molecule has 0 bridgehead atoms. The van der Waals surface area contributed by atoms with Gasteiger partial charge in [-0.2, -0.15) is 0 Å². The van der Waals surface area contributed by atoms with Crippen LogP contribution in [0.1, 0.15) is 24.0 Å². The van der Waals surface area contributed by atoms with Crippen molar-refractivity contribution in [2.75, 3.05) is 13.1 Å². The van der Waals surface area contributed by atoms with E-state index in [0.29, 0.717) is 6.04 Å². The fraction of sp³-hybridized carbons (Fsp3) is 0.571. The quantitative estimate of drug-likeness (QED) is 0.767. The van der Waals surface area contributed by atoms with Gasteiger partial charge < -0.3 is 11.1 Å². The molecule has 3 heteroatoms. The highest BCUT2D eigenvalue weighted by atomic mass is 19.1. The van der Waals surface area contributed by atoms with Gasteiger partial charge in [-0.15, -0.1) is 0 Å². The third kappa shape index (κ3) is 3.51. The zero-order valence-electron chi connectivity index (χ0n) is 10.4. The lowest BCUT2D eigenvalue weighted by Gasteiger charge is -2.32. The van der Waals surface area contributed by atoms with Crippen molar-refractivity contribution in [2.45, 2.75) is 32.2 Å². The molecule has 3 N–H and O–H groups in total. The smallest absolute Gasteiger partial charge is 0.126 e. The monoisotopic (exact) mass is 236 g/mol. The summed E-state index contributed by atoms with van der Waals surface area (Å²) in [5, 5.41) is 3.44. The summed E-state index contributed by atoms with van der Waals surface area (Å²) < 4.78 is 13.1. The first-order valence-corrected chi connectivity index (χ1v) is 6.36. The third-order valence-electron chi connectivity index (χ3n) is 3.52. The fourth-order valence-electron chi connectivity index (χ4n) is 2.36. The zero-order valence-corrected chi connectivity index (χ0v) is 10.4. The Kier molecular flexibility index (Phi) is 4.13. The number of rotatable bonds is 5. The Morgan fingerprint density at radius 1 is 1.41 bits per heavy atom. The fourth-order valence-corrected chi connectivity index (χ4v) is 2.36. The number of hydrogen-bond acceptors (Lipinski definition) is 2. The molecule has 1 saturated carbocycles. The highest BCUT2D eigenvalue weighted by Gasteiger charge is 2.24.